The third-order valence-electron chi connectivity index (χ3n) is 7.25. The van der Waals surface area contributed by atoms with Crippen molar-refractivity contribution in [1.29, 1.82) is 0 Å². The summed E-state index contributed by atoms with van der Waals surface area (Å²) in [5, 5.41) is 37.9. The number of carbonyl (C=O) groups is 4. The van der Waals surface area contributed by atoms with Crippen molar-refractivity contribution in [3.05, 3.63) is 59.7 Å². The molecule has 4 N–H and O–H groups in total. The molecule has 12 nitrogen and oxygen atoms in total. The number of esters is 2. The van der Waals surface area contributed by atoms with Crippen molar-refractivity contribution in [2.45, 2.75) is 27.7 Å². The second-order valence-electron chi connectivity index (χ2n) is 11.4. The molecule has 45 heavy (non-hydrogen) atoms. The fraction of sp³-hybridized carbons (Fsp3) is 0.394. The molecule has 0 aromatic heterocycles. The quantitative estimate of drug-likeness (QED) is 0.0922. The predicted molar refractivity (Wildman–Crippen MR) is 164 cm³/mol. The van der Waals surface area contributed by atoms with E-state index in [1.165, 1.54) is 90.5 Å². The van der Waals surface area contributed by atoms with E-state index in [0.717, 1.165) is 0 Å². The molecule has 12 heteroatoms. The van der Waals surface area contributed by atoms with Gasteiger partial charge in [0.2, 0.25) is 0 Å². The van der Waals surface area contributed by atoms with Crippen LogP contribution in [0, 0.1) is 16.2 Å². The van der Waals surface area contributed by atoms with E-state index in [1.807, 2.05) is 0 Å². The minimum atomic E-state index is -1.54. The fourth-order valence-corrected chi connectivity index (χ4v) is 3.44. The summed E-state index contributed by atoms with van der Waals surface area (Å²) in [4.78, 5) is 51.2. The average molecular weight is 629 g/mol. The maximum atomic E-state index is 13.1. The Morgan fingerprint density at radius 3 is 1.22 bits per heavy atom. The van der Waals surface area contributed by atoms with Crippen LogP contribution in [0.2, 0.25) is 0 Å². The lowest BCUT2D eigenvalue weighted by atomic mass is 9.82. The van der Waals surface area contributed by atoms with Crippen LogP contribution >= 0.6 is 0 Å². The van der Waals surface area contributed by atoms with Crippen molar-refractivity contribution >= 4 is 35.7 Å². The summed E-state index contributed by atoms with van der Waals surface area (Å²) in [6, 6.07) is 9.09. The highest BCUT2D eigenvalue weighted by Gasteiger charge is 2.36. The lowest BCUT2D eigenvalue weighted by Crippen LogP contribution is -2.38. The number of aliphatic hydroxyl groups is 4. The zero-order chi connectivity index (χ0) is 34.0. The van der Waals surface area contributed by atoms with Crippen molar-refractivity contribution in [2.24, 2.45) is 16.2 Å². The summed E-state index contributed by atoms with van der Waals surface area (Å²) in [6.07, 6.45) is 5.31. The van der Waals surface area contributed by atoms with Crippen LogP contribution < -0.4 is 18.9 Å². The lowest BCUT2D eigenvalue weighted by Gasteiger charge is -2.22. The third-order valence-corrected chi connectivity index (χ3v) is 7.25. The molecule has 0 spiro atoms. The van der Waals surface area contributed by atoms with Crippen molar-refractivity contribution in [3.63, 3.8) is 0 Å². The molecule has 2 aromatic rings. The van der Waals surface area contributed by atoms with E-state index in [-0.39, 0.29) is 23.0 Å². The number of ether oxygens (including phenoxy) is 4. The first kappa shape index (κ1) is 36.8. The second-order valence-corrected chi connectivity index (χ2v) is 11.4. The van der Waals surface area contributed by atoms with Gasteiger partial charge in [-0.3, -0.25) is 19.2 Å². The summed E-state index contributed by atoms with van der Waals surface area (Å²) >= 11 is 0. The monoisotopic (exact) mass is 628 g/mol. The van der Waals surface area contributed by atoms with E-state index < -0.39 is 66.2 Å². The highest BCUT2D eigenvalue weighted by atomic mass is 16.6. The Morgan fingerprint density at radius 1 is 0.600 bits per heavy atom. The Kier molecular flexibility index (Phi) is 12.7. The molecule has 0 fully saturated rings. The Hall–Kier alpha value is -4.36. The van der Waals surface area contributed by atoms with Crippen LogP contribution in [0.15, 0.2) is 48.6 Å². The smallest absolute Gasteiger partial charge is 0.322 e. The van der Waals surface area contributed by atoms with Gasteiger partial charge in [-0.1, -0.05) is 24.3 Å². The van der Waals surface area contributed by atoms with Gasteiger partial charge in [-0.25, -0.2) is 0 Å². The van der Waals surface area contributed by atoms with E-state index in [9.17, 15) is 39.6 Å². The Balaban J connectivity index is 2.24. The number of methoxy groups -OCH3 is 2. The van der Waals surface area contributed by atoms with Gasteiger partial charge in [-0.15, -0.1) is 0 Å². The van der Waals surface area contributed by atoms with Crippen molar-refractivity contribution in [3.8, 4) is 23.0 Å². The first-order valence-corrected chi connectivity index (χ1v) is 13.8. The number of hydrogen-bond acceptors (Lipinski definition) is 12. The molecule has 2 aromatic carbocycles. The van der Waals surface area contributed by atoms with Gasteiger partial charge in [-0.05, 0) is 75.2 Å². The van der Waals surface area contributed by atoms with Gasteiger partial charge in [0.15, 0.2) is 34.6 Å². The van der Waals surface area contributed by atoms with Gasteiger partial charge in [-0.2, -0.15) is 0 Å². The molecule has 0 atom stereocenters. The fourth-order valence-electron chi connectivity index (χ4n) is 3.44. The summed E-state index contributed by atoms with van der Waals surface area (Å²) in [5.74, 6) is -2.37. The maximum absolute atomic E-state index is 13.1. The molecule has 244 valence electrons. The molecule has 0 aliphatic rings. The summed E-state index contributed by atoms with van der Waals surface area (Å²) in [7, 11) is 2.74. The van der Waals surface area contributed by atoms with Crippen LogP contribution in [-0.2, 0) is 19.2 Å². The van der Waals surface area contributed by atoms with Crippen molar-refractivity contribution in [2.75, 3.05) is 40.6 Å². The van der Waals surface area contributed by atoms with E-state index in [4.69, 9.17) is 18.9 Å². The first-order valence-electron chi connectivity index (χ1n) is 13.8. The second kappa shape index (κ2) is 15.6. The van der Waals surface area contributed by atoms with Gasteiger partial charge in [0.1, 0.15) is 10.8 Å². The molecule has 0 amide bonds. The molecule has 0 radical (unpaired) electrons. The highest BCUT2D eigenvalue weighted by Crippen LogP contribution is 2.33. The van der Waals surface area contributed by atoms with E-state index in [0.29, 0.717) is 11.1 Å². The van der Waals surface area contributed by atoms with Crippen LogP contribution in [0.25, 0.3) is 12.2 Å². The molecule has 0 aliphatic carbocycles. The first-order chi connectivity index (χ1) is 21.1. The Morgan fingerprint density at radius 2 is 0.933 bits per heavy atom. The van der Waals surface area contributed by atoms with Gasteiger partial charge in [0.25, 0.3) is 0 Å². The molecule has 0 saturated heterocycles. The zero-order valence-electron chi connectivity index (χ0n) is 26.2. The van der Waals surface area contributed by atoms with Crippen molar-refractivity contribution in [1.82, 2.24) is 0 Å². The summed E-state index contributed by atoms with van der Waals surface area (Å²) < 4.78 is 21.2. The standard InChI is InChI=1S/C33H40O12/c1-31(2,27(38)13-9-21-7-11-23(42-5)25(15-21)44-29(40)32(3,17-34)18-35)28(39)14-10-22-8-12-24(43-6)26(16-22)45-30(41)33(4,19-36)20-37/h7-16,34-37H,17-20H2,1-6H3/b13-9+,14-10+. The van der Waals surface area contributed by atoms with Gasteiger partial charge in [0, 0.05) is 0 Å². The number of benzene rings is 2. The van der Waals surface area contributed by atoms with E-state index in [2.05, 4.69) is 0 Å². The molecule has 0 unspecified atom stereocenters. The molecule has 0 heterocycles. The normalized spacial score (nSPS) is 12.3. The number of aliphatic hydroxyl groups excluding tert-OH is 4. The van der Waals surface area contributed by atoms with Crippen molar-refractivity contribution < 1.29 is 58.6 Å². The van der Waals surface area contributed by atoms with Crippen LogP contribution in [-0.4, -0.2) is 84.6 Å². The molecule has 0 saturated carbocycles. The van der Waals surface area contributed by atoms with Crippen LogP contribution in [0.4, 0.5) is 0 Å². The lowest BCUT2D eigenvalue weighted by molar-refractivity contribution is -0.151. The predicted octanol–water partition coefficient (Wildman–Crippen LogP) is 2.39. The molecule has 0 bridgehead atoms. The van der Waals surface area contributed by atoms with Crippen LogP contribution in [0.3, 0.4) is 0 Å². The number of allylic oxidation sites excluding steroid dienone is 2. The summed E-state index contributed by atoms with van der Waals surface area (Å²) in [5.41, 5.74) is -3.66. The number of ketones is 2. The molecule has 0 aliphatic heterocycles. The Bertz CT molecular complexity index is 1340. The average Bonchev–Trinajstić information content (AvgIpc) is 3.05. The highest BCUT2D eigenvalue weighted by molar-refractivity contribution is 6.16. The SMILES string of the molecule is COc1ccc(/C=C/C(=O)C(C)(C)C(=O)/C=C/c2ccc(OC)c(OC(=O)C(C)(CO)CO)c2)cc1OC(=O)C(C)(CO)CO. The number of rotatable bonds is 16. The van der Waals surface area contributed by atoms with Crippen LogP contribution in [0.1, 0.15) is 38.8 Å². The van der Waals surface area contributed by atoms with E-state index >= 15 is 0 Å². The largest absolute Gasteiger partial charge is 0.493 e. The Labute approximate surface area is 261 Å². The number of hydrogen-bond donors (Lipinski definition) is 4. The minimum absolute atomic E-state index is 0.00498. The molecule has 2 rings (SSSR count). The topological polar surface area (TPSA) is 186 Å². The molecular formula is C33H40O12. The third kappa shape index (κ3) is 8.85. The van der Waals surface area contributed by atoms with Gasteiger partial charge < -0.3 is 39.4 Å². The van der Waals surface area contributed by atoms with E-state index in [1.54, 1.807) is 12.1 Å². The summed E-state index contributed by atoms with van der Waals surface area (Å²) in [6.45, 7) is 3.04. The molecular weight excluding hydrogens is 588 g/mol. The van der Waals surface area contributed by atoms with Gasteiger partial charge >= 0.3 is 11.9 Å². The van der Waals surface area contributed by atoms with Crippen LogP contribution in [0.5, 0.6) is 23.0 Å². The number of carbonyl (C=O) groups excluding carboxylic acids is 4. The zero-order valence-corrected chi connectivity index (χ0v) is 26.2. The maximum Gasteiger partial charge on any atom is 0.322 e. The minimum Gasteiger partial charge on any atom is -0.493 e. The van der Waals surface area contributed by atoms with Gasteiger partial charge in [0.05, 0.1) is 46.1 Å².